The second-order valence-corrected chi connectivity index (χ2v) is 7.03. The molecule has 0 radical (unpaired) electrons. The van der Waals surface area contributed by atoms with Crippen molar-refractivity contribution in [2.45, 2.75) is 38.6 Å². The largest absolute Gasteiger partial charge is 0.336 e. The van der Waals surface area contributed by atoms with Crippen molar-refractivity contribution in [2.24, 2.45) is 0 Å². The Labute approximate surface area is 163 Å². The number of piperidine rings is 1. The van der Waals surface area contributed by atoms with Gasteiger partial charge in [0.05, 0.1) is 11.1 Å². The maximum Gasteiger partial charge on any atom is 0.259 e. The van der Waals surface area contributed by atoms with Crippen LogP contribution in [-0.4, -0.2) is 33.5 Å². The zero-order valence-corrected chi connectivity index (χ0v) is 15.8. The number of likely N-dealkylation sites (tertiary alicyclic amines) is 1. The van der Waals surface area contributed by atoms with Gasteiger partial charge in [-0.25, -0.2) is 4.39 Å². The molecule has 0 bridgehead atoms. The van der Waals surface area contributed by atoms with Gasteiger partial charge in [0.2, 0.25) is 5.82 Å². The van der Waals surface area contributed by atoms with Crippen molar-refractivity contribution in [1.82, 2.24) is 15.0 Å². The van der Waals surface area contributed by atoms with Crippen molar-refractivity contribution in [1.29, 1.82) is 0 Å². The maximum absolute atomic E-state index is 13.3. The lowest BCUT2D eigenvalue weighted by Gasteiger charge is -2.35. The minimum absolute atomic E-state index is 0.00341. The van der Waals surface area contributed by atoms with Gasteiger partial charge >= 0.3 is 0 Å². The predicted octanol–water partition coefficient (Wildman–Crippen LogP) is 4.95. The molecule has 0 N–H and O–H groups in total. The summed E-state index contributed by atoms with van der Waals surface area (Å²) in [5.74, 6) is 0.328. The Balaban J connectivity index is 1.67. The van der Waals surface area contributed by atoms with E-state index in [0.29, 0.717) is 22.5 Å². The van der Waals surface area contributed by atoms with Crippen LogP contribution in [0.1, 0.15) is 43.0 Å². The summed E-state index contributed by atoms with van der Waals surface area (Å²) in [7, 11) is 0. The van der Waals surface area contributed by atoms with Gasteiger partial charge in [0.25, 0.3) is 11.8 Å². The average molecular weight is 379 g/mol. The smallest absolute Gasteiger partial charge is 0.259 e. The van der Waals surface area contributed by atoms with Gasteiger partial charge in [-0.15, -0.1) is 0 Å². The standard InChI is InChI=1S/C22H22FN3O2/c1-2-17-7-5-6-14-26(17)22(27)19-9-4-3-8-18(19)21-24-20(25-28-21)15-10-12-16(23)13-11-15/h3-4,8-13,17H,2,5-7,14H2,1H3. The highest BCUT2D eigenvalue weighted by molar-refractivity contribution is 6.00. The molecule has 1 atom stereocenters. The van der Waals surface area contributed by atoms with Crippen LogP contribution >= 0.6 is 0 Å². The number of aromatic nitrogens is 2. The number of halogens is 1. The summed E-state index contributed by atoms with van der Waals surface area (Å²) in [4.78, 5) is 19.7. The number of hydrogen-bond acceptors (Lipinski definition) is 4. The van der Waals surface area contributed by atoms with Crippen LogP contribution in [0.25, 0.3) is 22.8 Å². The molecule has 1 fully saturated rings. The highest BCUT2D eigenvalue weighted by Crippen LogP contribution is 2.28. The highest BCUT2D eigenvalue weighted by atomic mass is 19.1. The van der Waals surface area contributed by atoms with E-state index in [1.165, 1.54) is 12.1 Å². The first kappa shape index (κ1) is 18.3. The van der Waals surface area contributed by atoms with Crippen LogP contribution in [0.4, 0.5) is 4.39 Å². The number of rotatable bonds is 4. The van der Waals surface area contributed by atoms with Crippen LogP contribution in [-0.2, 0) is 0 Å². The molecule has 6 heteroatoms. The van der Waals surface area contributed by atoms with Crippen molar-refractivity contribution in [2.75, 3.05) is 6.54 Å². The molecule has 5 nitrogen and oxygen atoms in total. The van der Waals surface area contributed by atoms with E-state index in [0.717, 1.165) is 32.2 Å². The van der Waals surface area contributed by atoms with Gasteiger partial charge in [-0.2, -0.15) is 4.98 Å². The number of benzene rings is 2. The first-order valence-corrected chi connectivity index (χ1v) is 9.67. The number of nitrogens with zero attached hydrogens (tertiary/aromatic N) is 3. The lowest BCUT2D eigenvalue weighted by molar-refractivity contribution is 0.0608. The highest BCUT2D eigenvalue weighted by Gasteiger charge is 2.28. The Morgan fingerprint density at radius 1 is 1.18 bits per heavy atom. The molecule has 2 aromatic carbocycles. The van der Waals surface area contributed by atoms with Crippen molar-refractivity contribution in [3.63, 3.8) is 0 Å². The van der Waals surface area contributed by atoms with Gasteiger partial charge < -0.3 is 9.42 Å². The van der Waals surface area contributed by atoms with Gasteiger partial charge in [-0.3, -0.25) is 4.79 Å². The first-order chi connectivity index (χ1) is 13.7. The minimum Gasteiger partial charge on any atom is -0.336 e. The second kappa shape index (κ2) is 7.92. The third kappa shape index (κ3) is 3.54. The molecule has 0 saturated carbocycles. The zero-order valence-electron chi connectivity index (χ0n) is 15.8. The summed E-state index contributed by atoms with van der Waals surface area (Å²) in [6.07, 6.45) is 4.18. The van der Waals surface area contributed by atoms with E-state index in [9.17, 15) is 9.18 Å². The van der Waals surface area contributed by atoms with E-state index >= 15 is 0 Å². The maximum atomic E-state index is 13.3. The lowest BCUT2D eigenvalue weighted by Crippen LogP contribution is -2.43. The molecule has 1 unspecified atom stereocenters. The van der Waals surface area contributed by atoms with E-state index in [1.807, 2.05) is 23.1 Å². The van der Waals surface area contributed by atoms with Gasteiger partial charge in [0.1, 0.15) is 5.82 Å². The summed E-state index contributed by atoms with van der Waals surface area (Å²) >= 11 is 0. The van der Waals surface area contributed by atoms with Crippen LogP contribution < -0.4 is 0 Å². The summed E-state index contributed by atoms with van der Waals surface area (Å²) < 4.78 is 18.6. The Kier molecular flexibility index (Phi) is 5.19. The van der Waals surface area contributed by atoms with Crippen LogP contribution in [0, 0.1) is 5.82 Å². The summed E-state index contributed by atoms with van der Waals surface area (Å²) in [5.41, 5.74) is 1.84. The van der Waals surface area contributed by atoms with Crippen molar-refractivity contribution in [3.8, 4) is 22.8 Å². The Morgan fingerprint density at radius 2 is 1.96 bits per heavy atom. The second-order valence-electron chi connectivity index (χ2n) is 7.03. The van der Waals surface area contributed by atoms with E-state index < -0.39 is 0 Å². The summed E-state index contributed by atoms with van der Waals surface area (Å²) in [6.45, 7) is 2.89. The molecular formula is C22H22FN3O2. The molecule has 3 aromatic rings. The van der Waals surface area contributed by atoms with E-state index in [2.05, 4.69) is 17.1 Å². The zero-order chi connectivity index (χ0) is 19.5. The molecule has 1 aromatic heterocycles. The number of carbonyl (C=O) groups excluding carboxylic acids is 1. The SMILES string of the molecule is CCC1CCCCN1C(=O)c1ccccc1-c1nc(-c2ccc(F)cc2)no1. The fourth-order valence-corrected chi connectivity index (χ4v) is 3.75. The monoisotopic (exact) mass is 379 g/mol. The third-order valence-corrected chi connectivity index (χ3v) is 5.28. The van der Waals surface area contributed by atoms with Crippen molar-refractivity contribution in [3.05, 3.63) is 59.9 Å². The molecule has 1 saturated heterocycles. The van der Waals surface area contributed by atoms with Crippen molar-refractivity contribution < 1.29 is 13.7 Å². The summed E-state index contributed by atoms with van der Waals surface area (Å²) in [6, 6.07) is 13.5. The predicted molar refractivity (Wildman–Crippen MR) is 104 cm³/mol. The van der Waals surface area contributed by atoms with Gasteiger partial charge in [-0.1, -0.05) is 24.2 Å². The normalized spacial score (nSPS) is 16.9. The molecule has 0 aliphatic carbocycles. The number of amides is 1. The van der Waals surface area contributed by atoms with Crippen LogP contribution in [0.3, 0.4) is 0 Å². The Bertz CT molecular complexity index is 968. The van der Waals surface area contributed by atoms with Gasteiger partial charge in [0, 0.05) is 18.2 Å². The minimum atomic E-state index is -0.324. The van der Waals surface area contributed by atoms with Crippen LogP contribution in [0.5, 0.6) is 0 Å². The molecule has 4 rings (SSSR count). The van der Waals surface area contributed by atoms with Crippen LogP contribution in [0.2, 0.25) is 0 Å². The third-order valence-electron chi connectivity index (χ3n) is 5.28. The van der Waals surface area contributed by atoms with Gasteiger partial charge in [0.15, 0.2) is 0 Å². The molecule has 1 amide bonds. The Hall–Kier alpha value is -3.02. The molecule has 2 heterocycles. The quantitative estimate of drug-likeness (QED) is 0.644. The van der Waals surface area contributed by atoms with Gasteiger partial charge in [-0.05, 0) is 62.1 Å². The van der Waals surface area contributed by atoms with Crippen molar-refractivity contribution >= 4 is 5.91 Å². The van der Waals surface area contributed by atoms with E-state index in [4.69, 9.17) is 4.52 Å². The van der Waals surface area contributed by atoms with E-state index in [1.54, 1.807) is 18.2 Å². The number of hydrogen-bond donors (Lipinski definition) is 0. The van der Waals surface area contributed by atoms with Crippen LogP contribution in [0.15, 0.2) is 53.1 Å². The molecule has 1 aliphatic rings. The topological polar surface area (TPSA) is 59.2 Å². The lowest BCUT2D eigenvalue weighted by atomic mass is 9.97. The molecular weight excluding hydrogens is 357 g/mol. The number of carbonyl (C=O) groups is 1. The molecule has 28 heavy (non-hydrogen) atoms. The molecule has 0 spiro atoms. The molecule has 1 aliphatic heterocycles. The fourth-order valence-electron chi connectivity index (χ4n) is 3.75. The summed E-state index contributed by atoms with van der Waals surface area (Å²) in [5, 5.41) is 4.00. The van der Waals surface area contributed by atoms with E-state index in [-0.39, 0.29) is 23.7 Å². The first-order valence-electron chi connectivity index (χ1n) is 9.67. The Morgan fingerprint density at radius 3 is 2.75 bits per heavy atom. The molecule has 144 valence electrons. The average Bonchev–Trinajstić information content (AvgIpc) is 3.24. The fraction of sp³-hybridized carbons (Fsp3) is 0.318.